The van der Waals surface area contributed by atoms with Gasteiger partial charge in [-0.05, 0) is 0 Å². The summed E-state index contributed by atoms with van der Waals surface area (Å²) in [6.07, 6.45) is 1.53. The maximum atomic E-state index is 5.02. The standard InChI is InChI=1S/C9H13BrN2O/c1-6(7(2)10)8-4-9(13-3)12-5-11-8/h4-7H,1-3H3. The minimum atomic E-state index is 0.358. The summed E-state index contributed by atoms with van der Waals surface area (Å²) in [5.41, 5.74) is 0.997. The van der Waals surface area contributed by atoms with Crippen LogP contribution in [0, 0.1) is 0 Å². The van der Waals surface area contributed by atoms with Crippen LogP contribution in [0.4, 0.5) is 0 Å². The van der Waals surface area contributed by atoms with Crippen LogP contribution in [0.2, 0.25) is 0 Å². The molecule has 0 aliphatic heterocycles. The van der Waals surface area contributed by atoms with Crippen molar-refractivity contribution in [1.29, 1.82) is 0 Å². The van der Waals surface area contributed by atoms with E-state index in [4.69, 9.17) is 4.74 Å². The van der Waals surface area contributed by atoms with Crippen LogP contribution in [-0.4, -0.2) is 21.9 Å². The van der Waals surface area contributed by atoms with Crippen LogP contribution in [0.5, 0.6) is 5.88 Å². The first-order valence-corrected chi connectivity index (χ1v) is 5.06. The number of hydrogen-bond acceptors (Lipinski definition) is 3. The Morgan fingerprint density at radius 2 is 2.08 bits per heavy atom. The van der Waals surface area contributed by atoms with Crippen LogP contribution in [0.3, 0.4) is 0 Å². The molecule has 0 fully saturated rings. The molecule has 0 aliphatic carbocycles. The van der Waals surface area contributed by atoms with Gasteiger partial charge >= 0.3 is 0 Å². The second-order valence-corrected chi connectivity index (χ2v) is 4.40. The molecule has 0 aromatic carbocycles. The first kappa shape index (κ1) is 10.4. The number of aromatic nitrogens is 2. The van der Waals surface area contributed by atoms with E-state index in [9.17, 15) is 0 Å². The Bertz CT molecular complexity index is 278. The second-order valence-electron chi connectivity index (χ2n) is 2.95. The molecule has 0 saturated carbocycles. The SMILES string of the molecule is COc1cc(C(C)C(C)Br)ncn1. The topological polar surface area (TPSA) is 35.0 Å². The zero-order chi connectivity index (χ0) is 9.84. The third-order valence-corrected chi connectivity index (χ3v) is 2.82. The van der Waals surface area contributed by atoms with Crippen LogP contribution < -0.4 is 4.74 Å². The molecule has 2 unspecified atom stereocenters. The van der Waals surface area contributed by atoms with Gasteiger partial charge in [-0.1, -0.05) is 29.8 Å². The number of ether oxygens (including phenoxy) is 1. The molecule has 0 bridgehead atoms. The maximum Gasteiger partial charge on any atom is 0.216 e. The minimum Gasteiger partial charge on any atom is -0.481 e. The third-order valence-electron chi connectivity index (χ3n) is 2.03. The Morgan fingerprint density at radius 3 is 2.62 bits per heavy atom. The number of nitrogens with zero attached hydrogens (tertiary/aromatic N) is 2. The van der Waals surface area contributed by atoms with Crippen LogP contribution in [0.1, 0.15) is 25.5 Å². The summed E-state index contributed by atoms with van der Waals surface area (Å²) < 4.78 is 5.02. The maximum absolute atomic E-state index is 5.02. The van der Waals surface area contributed by atoms with Gasteiger partial charge in [-0.25, -0.2) is 9.97 Å². The van der Waals surface area contributed by atoms with Crippen molar-refractivity contribution in [2.75, 3.05) is 7.11 Å². The highest BCUT2D eigenvalue weighted by Crippen LogP contribution is 2.23. The van der Waals surface area contributed by atoms with E-state index >= 15 is 0 Å². The Hall–Kier alpha value is -0.640. The molecule has 0 saturated heterocycles. The van der Waals surface area contributed by atoms with Gasteiger partial charge in [0.2, 0.25) is 5.88 Å². The first-order valence-electron chi connectivity index (χ1n) is 4.15. The van der Waals surface area contributed by atoms with Crippen LogP contribution >= 0.6 is 15.9 Å². The number of halogens is 1. The normalized spacial score (nSPS) is 15.1. The molecule has 0 N–H and O–H groups in total. The molecule has 1 heterocycles. The van der Waals surface area contributed by atoms with E-state index in [1.165, 1.54) is 6.33 Å². The van der Waals surface area contributed by atoms with Gasteiger partial charge in [0.25, 0.3) is 0 Å². The van der Waals surface area contributed by atoms with Crippen molar-refractivity contribution in [2.45, 2.75) is 24.6 Å². The molecule has 0 aliphatic rings. The highest BCUT2D eigenvalue weighted by Gasteiger charge is 2.13. The molecule has 1 rings (SSSR count). The number of rotatable bonds is 3. The average Bonchev–Trinajstić information content (AvgIpc) is 2.16. The lowest BCUT2D eigenvalue weighted by Gasteiger charge is -2.13. The summed E-state index contributed by atoms with van der Waals surface area (Å²) in [5, 5.41) is 0. The predicted octanol–water partition coefficient (Wildman–Crippen LogP) is 2.37. The molecule has 3 nitrogen and oxygen atoms in total. The van der Waals surface area contributed by atoms with E-state index in [0.29, 0.717) is 16.6 Å². The fourth-order valence-electron chi connectivity index (χ4n) is 0.949. The van der Waals surface area contributed by atoms with Crippen molar-refractivity contribution in [2.24, 2.45) is 0 Å². The van der Waals surface area contributed by atoms with Crippen molar-refractivity contribution >= 4 is 15.9 Å². The molecule has 0 spiro atoms. The van der Waals surface area contributed by atoms with E-state index in [1.807, 2.05) is 6.07 Å². The van der Waals surface area contributed by atoms with Crippen LogP contribution in [-0.2, 0) is 0 Å². The molecule has 72 valence electrons. The first-order chi connectivity index (χ1) is 6.15. The quantitative estimate of drug-likeness (QED) is 0.767. The Kier molecular flexibility index (Phi) is 3.66. The molecular weight excluding hydrogens is 232 g/mol. The van der Waals surface area contributed by atoms with Gasteiger partial charge in [0, 0.05) is 16.8 Å². The van der Waals surface area contributed by atoms with E-state index in [2.05, 4.69) is 39.7 Å². The molecular formula is C9H13BrN2O. The summed E-state index contributed by atoms with van der Waals surface area (Å²) in [7, 11) is 1.61. The number of methoxy groups -OCH3 is 1. The molecule has 0 amide bonds. The lowest BCUT2D eigenvalue weighted by atomic mass is 10.1. The molecule has 2 atom stereocenters. The fourth-order valence-corrected chi connectivity index (χ4v) is 1.22. The van der Waals surface area contributed by atoms with E-state index < -0.39 is 0 Å². The van der Waals surface area contributed by atoms with Crippen molar-refractivity contribution in [3.63, 3.8) is 0 Å². The lowest BCUT2D eigenvalue weighted by molar-refractivity contribution is 0.395. The van der Waals surface area contributed by atoms with Gasteiger partial charge in [-0.3, -0.25) is 0 Å². The summed E-state index contributed by atoms with van der Waals surface area (Å²) in [6.45, 7) is 4.21. The van der Waals surface area contributed by atoms with Gasteiger partial charge in [0.05, 0.1) is 12.8 Å². The van der Waals surface area contributed by atoms with Gasteiger partial charge < -0.3 is 4.74 Å². The second kappa shape index (κ2) is 4.56. The summed E-state index contributed by atoms with van der Waals surface area (Å²) >= 11 is 3.52. The Balaban J connectivity index is 2.88. The van der Waals surface area contributed by atoms with Gasteiger partial charge in [0.1, 0.15) is 6.33 Å². The predicted molar refractivity (Wildman–Crippen MR) is 55.4 cm³/mol. The van der Waals surface area contributed by atoms with Crippen LogP contribution in [0.25, 0.3) is 0 Å². The molecule has 13 heavy (non-hydrogen) atoms. The highest BCUT2D eigenvalue weighted by atomic mass is 79.9. The summed E-state index contributed by atoms with van der Waals surface area (Å²) in [4.78, 5) is 8.53. The van der Waals surface area contributed by atoms with Crippen molar-refractivity contribution in [3.8, 4) is 5.88 Å². The third kappa shape index (κ3) is 2.66. The molecule has 0 radical (unpaired) electrons. The van der Waals surface area contributed by atoms with Gasteiger partial charge in [-0.2, -0.15) is 0 Å². The lowest BCUT2D eigenvalue weighted by Crippen LogP contribution is -2.07. The monoisotopic (exact) mass is 244 g/mol. The van der Waals surface area contributed by atoms with Gasteiger partial charge in [0.15, 0.2) is 0 Å². The van der Waals surface area contributed by atoms with Crippen LogP contribution in [0.15, 0.2) is 12.4 Å². The molecule has 1 aromatic rings. The van der Waals surface area contributed by atoms with Gasteiger partial charge in [-0.15, -0.1) is 0 Å². The smallest absolute Gasteiger partial charge is 0.216 e. The Morgan fingerprint density at radius 1 is 1.38 bits per heavy atom. The zero-order valence-corrected chi connectivity index (χ0v) is 9.58. The number of hydrogen-bond donors (Lipinski definition) is 0. The van der Waals surface area contributed by atoms with E-state index in [0.717, 1.165) is 5.69 Å². The largest absolute Gasteiger partial charge is 0.481 e. The molecule has 4 heteroatoms. The average molecular weight is 245 g/mol. The zero-order valence-electron chi connectivity index (χ0n) is 7.99. The van der Waals surface area contributed by atoms with Crippen molar-refractivity contribution in [3.05, 3.63) is 18.1 Å². The highest BCUT2D eigenvalue weighted by molar-refractivity contribution is 9.09. The van der Waals surface area contributed by atoms with Crippen molar-refractivity contribution < 1.29 is 4.74 Å². The summed E-state index contributed by atoms with van der Waals surface area (Å²) in [6, 6.07) is 1.86. The van der Waals surface area contributed by atoms with E-state index in [1.54, 1.807) is 7.11 Å². The Labute approximate surface area is 86.7 Å². The van der Waals surface area contributed by atoms with Crippen molar-refractivity contribution in [1.82, 2.24) is 9.97 Å². The summed E-state index contributed by atoms with van der Waals surface area (Å²) in [5.74, 6) is 0.974. The minimum absolute atomic E-state index is 0.358. The fraction of sp³-hybridized carbons (Fsp3) is 0.556. The molecule has 1 aromatic heterocycles. The van der Waals surface area contributed by atoms with E-state index in [-0.39, 0.29) is 0 Å². The number of alkyl halides is 1.